The van der Waals surface area contributed by atoms with Gasteiger partial charge in [-0.3, -0.25) is 9.69 Å². The van der Waals surface area contributed by atoms with Crippen LogP contribution in [0.2, 0.25) is 0 Å². The maximum absolute atomic E-state index is 13.0. The van der Waals surface area contributed by atoms with Crippen molar-refractivity contribution in [1.82, 2.24) is 4.90 Å². The number of nitrogens with zero attached hydrogens (tertiary/aromatic N) is 2. The van der Waals surface area contributed by atoms with Gasteiger partial charge in [0.1, 0.15) is 5.75 Å². The number of esters is 1. The van der Waals surface area contributed by atoms with Crippen LogP contribution < -0.4 is 15.0 Å². The molecule has 0 spiro atoms. The molecule has 1 fully saturated rings. The second-order valence-electron chi connectivity index (χ2n) is 8.38. The quantitative estimate of drug-likeness (QED) is 0.488. The predicted octanol–water partition coefficient (Wildman–Crippen LogP) is 4.45. The normalized spacial score (nSPS) is 13.8. The zero-order valence-electron chi connectivity index (χ0n) is 20.2. The molecule has 7 heteroatoms. The summed E-state index contributed by atoms with van der Waals surface area (Å²) in [7, 11) is 1.35. The molecule has 0 aliphatic carbocycles. The number of anilines is 2. The van der Waals surface area contributed by atoms with Crippen LogP contribution in [0.25, 0.3) is 0 Å². The molecule has 3 aromatic carbocycles. The van der Waals surface area contributed by atoms with Crippen LogP contribution in [0.15, 0.2) is 72.8 Å². The number of hydrogen-bond donors (Lipinski definition) is 1. The van der Waals surface area contributed by atoms with Crippen molar-refractivity contribution in [2.24, 2.45) is 0 Å². The van der Waals surface area contributed by atoms with E-state index in [0.29, 0.717) is 29.2 Å². The van der Waals surface area contributed by atoms with Crippen molar-refractivity contribution in [3.8, 4) is 5.75 Å². The fraction of sp³-hybridized carbons (Fsp3) is 0.286. The van der Waals surface area contributed by atoms with Gasteiger partial charge in [0.2, 0.25) is 0 Å². The van der Waals surface area contributed by atoms with Crippen LogP contribution in [0.1, 0.15) is 33.2 Å². The molecular weight excluding hydrogens is 442 g/mol. The van der Waals surface area contributed by atoms with Crippen LogP contribution in [0.4, 0.5) is 11.4 Å². The van der Waals surface area contributed by atoms with Crippen molar-refractivity contribution in [2.75, 3.05) is 50.1 Å². The lowest BCUT2D eigenvalue weighted by atomic mass is 10.1. The number of carbonyl (C=O) groups is 2. The highest BCUT2D eigenvalue weighted by molar-refractivity contribution is 6.07. The molecule has 1 N–H and O–H groups in total. The number of methoxy groups -OCH3 is 1. The third-order valence-corrected chi connectivity index (χ3v) is 6.06. The Morgan fingerprint density at radius 2 is 1.57 bits per heavy atom. The van der Waals surface area contributed by atoms with Gasteiger partial charge < -0.3 is 19.7 Å². The van der Waals surface area contributed by atoms with E-state index >= 15 is 0 Å². The molecule has 0 unspecified atom stereocenters. The molecule has 0 bridgehead atoms. The van der Waals surface area contributed by atoms with Gasteiger partial charge in [-0.05, 0) is 55.0 Å². The number of rotatable bonds is 8. The summed E-state index contributed by atoms with van der Waals surface area (Å²) >= 11 is 0. The first kappa shape index (κ1) is 24.3. The zero-order chi connectivity index (χ0) is 24.6. The molecule has 1 aliphatic rings. The van der Waals surface area contributed by atoms with E-state index in [0.717, 1.165) is 38.4 Å². The summed E-state index contributed by atoms with van der Waals surface area (Å²) in [6.07, 6.45) is 0. The number of ether oxygens (including phenoxy) is 2. The molecule has 1 aliphatic heterocycles. The van der Waals surface area contributed by atoms with Crippen LogP contribution >= 0.6 is 0 Å². The van der Waals surface area contributed by atoms with Crippen molar-refractivity contribution in [3.05, 3.63) is 89.5 Å². The fourth-order valence-corrected chi connectivity index (χ4v) is 4.21. The molecule has 3 aromatic rings. The monoisotopic (exact) mass is 473 g/mol. The van der Waals surface area contributed by atoms with Gasteiger partial charge in [0.05, 0.1) is 30.7 Å². The molecule has 0 atom stereocenters. The molecule has 1 saturated heterocycles. The Balaban J connectivity index is 1.50. The first-order valence-electron chi connectivity index (χ1n) is 11.8. The molecule has 7 nitrogen and oxygen atoms in total. The molecule has 35 heavy (non-hydrogen) atoms. The molecule has 182 valence electrons. The Kier molecular flexibility index (Phi) is 8.00. The van der Waals surface area contributed by atoms with Gasteiger partial charge in [-0.15, -0.1) is 0 Å². The van der Waals surface area contributed by atoms with Gasteiger partial charge in [0, 0.05) is 38.3 Å². The number of nitrogens with one attached hydrogen (secondary N) is 1. The summed E-state index contributed by atoms with van der Waals surface area (Å²) in [4.78, 5) is 29.9. The van der Waals surface area contributed by atoms with Crippen LogP contribution in [0.5, 0.6) is 5.75 Å². The third-order valence-electron chi connectivity index (χ3n) is 6.06. The smallest absolute Gasteiger partial charge is 0.337 e. The van der Waals surface area contributed by atoms with Gasteiger partial charge in [-0.25, -0.2) is 4.79 Å². The molecule has 0 aromatic heterocycles. The Bertz CT molecular complexity index is 1140. The summed E-state index contributed by atoms with van der Waals surface area (Å²) in [6.45, 7) is 6.83. The topological polar surface area (TPSA) is 71.1 Å². The van der Waals surface area contributed by atoms with Gasteiger partial charge >= 0.3 is 5.97 Å². The van der Waals surface area contributed by atoms with Crippen molar-refractivity contribution < 1.29 is 19.1 Å². The molecule has 0 saturated carbocycles. The Morgan fingerprint density at radius 3 is 2.23 bits per heavy atom. The van der Waals surface area contributed by atoms with Crippen LogP contribution in [-0.2, 0) is 11.3 Å². The van der Waals surface area contributed by atoms with Gasteiger partial charge in [-0.1, -0.05) is 30.3 Å². The number of hydrogen-bond acceptors (Lipinski definition) is 6. The maximum atomic E-state index is 13.0. The first-order chi connectivity index (χ1) is 17.1. The van der Waals surface area contributed by atoms with E-state index < -0.39 is 5.97 Å². The highest BCUT2D eigenvalue weighted by Crippen LogP contribution is 2.29. The van der Waals surface area contributed by atoms with E-state index in [1.165, 1.54) is 12.7 Å². The second-order valence-corrected chi connectivity index (χ2v) is 8.38. The van der Waals surface area contributed by atoms with Gasteiger partial charge in [-0.2, -0.15) is 0 Å². The average Bonchev–Trinajstić information content (AvgIpc) is 2.90. The summed E-state index contributed by atoms with van der Waals surface area (Å²) in [6, 6.07) is 22.8. The van der Waals surface area contributed by atoms with Crippen molar-refractivity contribution in [3.63, 3.8) is 0 Å². The Hall–Kier alpha value is -3.84. The molecule has 0 radical (unpaired) electrons. The van der Waals surface area contributed by atoms with Crippen molar-refractivity contribution in [1.29, 1.82) is 0 Å². The average molecular weight is 474 g/mol. The Morgan fingerprint density at radius 1 is 0.886 bits per heavy atom. The van der Waals surface area contributed by atoms with E-state index in [1.807, 2.05) is 19.1 Å². The molecule has 1 amide bonds. The number of piperazine rings is 1. The highest BCUT2D eigenvalue weighted by Gasteiger charge is 2.22. The minimum Gasteiger partial charge on any atom is -0.494 e. The molecular formula is C28H31N3O4. The summed E-state index contributed by atoms with van der Waals surface area (Å²) in [5.41, 5.74) is 3.67. The maximum Gasteiger partial charge on any atom is 0.337 e. The van der Waals surface area contributed by atoms with Crippen LogP contribution in [0.3, 0.4) is 0 Å². The minimum atomic E-state index is -0.444. The summed E-state index contributed by atoms with van der Waals surface area (Å²) < 4.78 is 10.4. The number of carbonyl (C=O) groups excluding carboxylic acids is 2. The number of amides is 1. The SMILES string of the molecule is CCOc1ccc(C(=O)Nc2cc(C(=O)OC)ccc2N2CCN(Cc3ccccc3)CC2)cc1. The lowest BCUT2D eigenvalue weighted by molar-refractivity contribution is 0.0600. The van der Waals surface area contributed by atoms with Gasteiger partial charge in [0.15, 0.2) is 0 Å². The Labute approximate surface area is 206 Å². The third kappa shape index (κ3) is 6.19. The van der Waals surface area contributed by atoms with E-state index in [9.17, 15) is 9.59 Å². The standard InChI is InChI=1S/C28H31N3O4/c1-3-35-24-12-9-22(10-13-24)27(32)29-25-19-23(28(33)34-2)11-14-26(25)31-17-15-30(16-18-31)20-21-7-5-4-6-8-21/h4-14,19H,3,15-18,20H2,1-2H3,(H,29,32). The van der Waals surface area contributed by atoms with E-state index in [2.05, 4.69) is 39.4 Å². The minimum absolute atomic E-state index is 0.251. The summed E-state index contributed by atoms with van der Waals surface area (Å²) in [5, 5.41) is 3.00. The highest BCUT2D eigenvalue weighted by atomic mass is 16.5. The number of benzene rings is 3. The lowest BCUT2D eigenvalue weighted by Gasteiger charge is -2.37. The molecule has 1 heterocycles. The van der Waals surface area contributed by atoms with Crippen molar-refractivity contribution in [2.45, 2.75) is 13.5 Å². The van der Waals surface area contributed by atoms with Crippen LogP contribution in [0, 0.1) is 0 Å². The van der Waals surface area contributed by atoms with Crippen LogP contribution in [-0.4, -0.2) is 56.7 Å². The van der Waals surface area contributed by atoms with E-state index in [-0.39, 0.29) is 5.91 Å². The molecule has 4 rings (SSSR count). The fourth-order valence-electron chi connectivity index (χ4n) is 4.21. The largest absolute Gasteiger partial charge is 0.494 e. The van der Waals surface area contributed by atoms with Crippen molar-refractivity contribution >= 4 is 23.3 Å². The van der Waals surface area contributed by atoms with E-state index in [1.54, 1.807) is 36.4 Å². The van der Waals surface area contributed by atoms with E-state index in [4.69, 9.17) is 9.47 Å². The zero-order valence-corrected chi connectivity index (χ0v) is 20.2. The van der Waals surface area contributed by atoms with Gasteiger partial charge in [0.25, 0.3) is 5.91 Å². The lowest BCUT2D eigenvalue weighted by Crippen LogP contribution is -2.46. The first-order valence-corrected chi connectivity index (χ1v) is 11.8. The predicted molar refractivity (Wildman–Crippen MR) is 137 cm³/mol. The summed E-state index contributed by atoms with van der Waals surface area (Å²) in [5.74, 6) is 0.0191. The second kappa shape index (κ2) is 11.5.